The van der Waals surface area contributed by atoms with Gasteiger partial charge < -0.3 is 5.32 Å². The highest BCUT2D eigenvalue weighted by atomic mass is 79.9. The normalized spacial score (nSPS) is 10.3. The number of hydrogen-bond acceptors (Lipinski definition) is 1. The van der Waals surface area contributed by atoms with Crippen molar-refractivity contribution in [3.05, 3.63) is 68.4 Å². The third kappa shape index (κ3) is 3.88. The molecule has 2 aromatic rings. The number of rotatable bonds is 3. The highest BCUT2D eigenvalue weighted by Gasteiger charge is 2.08. The van der Waals surface area contributed by atoms with Crippen LogP contribution in [0.25, 0.3) is 0 Å². The molecule has 5 heteroatoms. The van der Waals surface area contributed by atoms with Gasteiger partial charge in [-0.2, -0.15) is 0 Å². The van der Waals surface area contributed by atoms with Crippen LogP contribution in [0.2, 0.25) is 0 Å². The van der Waals surface area contributed by atoms with Gasteiger partial charge in [0.25, 0.3) is 5.91 Å². The number of halogens is 3. The van der Waals surface area contributed by atoms with Crippen LogP contribution < -0.4 is 5.32 Å². The second-order valence-corrected chi connectivity index (χ2v) is 5.71. The summed E-state index contributed by atoms with van der Waals surface area (Å²) in [6.45, 7) is 0.407. The lowest BCUT2D eigenvalue weighted by Crippen LogP contribution is -2.22. The molecule has 0 unspecified atom stereocenters. The van der Waals surface area contributed by atoms with Crippen molar-refractivity contribution in [2.24, 2.45) is 0 Å². The molecule has 2 nitrogen and oxygen atoms in total. The van der Waals surface area contributed by atoms with Gasteiger partial charge in [0.2, 0.25) is 0 Å². The maximum absolute atomic E-state index is 13.3. The van der Waals surface area contributed by atoms with Crippen molar-refractivity contribution in [1.29, 1.82) is 0 Å². The smallest absolute Gasteiger partial charge is 0.251 e. The summed E-state index contributed by atoms with van der Waals surface area (Å²) in [5.74, 6) is -0.745. The van der Waals surface area contributed by atoms with E-state index < -0.39 is 5.82 Å². The second-order valence-electron chi connectivity index (χ2n) is 3.94. The number of carbonyl (C=O) groups excluding carboxylic acids is 1. The van der Waals surface area contributed by atoms with E-state index in [4.69, 9.17) is 0 Å². The van der Waals surface area contributed by atoms with E-state index in [-0.39, 0.29) is 5.91 Å². The predicted molar refractivity (Wildman–Crippen MR) is 79.4 cm³/mol. The summed E-state index contributed by atoms with van der Waals surface area (Å²) in [6.07, 6.45) is 0. The van der Waals surface area contributed by atoms with Crippen LogP contribution in [-0.4, -0.2) is 5.91 Å². The first-order valence-electron chi connectivity index (χ1n) is 5.54. The number of hydrogen-bond donors (Lipinski definition) is 1. The van der Waals surface area contributed by atoms with Gasteiger partial charge in [-0.25, -0.2) is 4.39 Å². The summed E-state index contributed by atoms with van der Waals surface area (Å²) in [6, 6.07) is 11.9. The zero-order valence-corrected chi connectivity index (χ0v) is 13.0. The van der Waals surface area contributed by atoms with Gasteiger partial charge in [-0.05, 0) is 51.8 Å². The molecule has 1 N–H and O–H groups in total. The summed E-state index contributed by atoms with van der Waals surface area (Å²) in [5.41, 5.74) is 1.28. The highest BCUT2D eigenvalue weighted by molar-refractivity contribution is 9.10. The number of amides is 1. The molecule has 1 amide bonds. The van der Waals surface area contributed by atoms with Crippen molar-refractivity contribution in [1.82, 2.24) is 5.32 Å². The van der Waals surface area contributed by atoms with E-state index in [2.05, 4.69) is 37.2 Å². The van der Waals surface area contributed by atoms with Gasteiger partial charge in [-0.15, -0.1) is 0 Å². The Bertz CT molecular complexity index is 599. The quantitative estimate of drug-likeness (QED) is 0.837. The molecule has 0 radical (unpaired) electrons. The van der Waals surface area contributed by atoms with Gasteiger partial charge in [0.15, 0.2) is 0 Å². The summed E-state index contributed by atoms with van der Waals surface area (Å²) in [7, 11) is 0. The van der Waals surface area contributed by atoms with Gasteiger partial charge in [0.1, 0.15) is 5.82 Å². The van der Waals surface area contributed by atoms with Crippen LogP contribution in [0.1, 0.15) is 15.9 Å². The van der Waals surface area contributed by atoms with Crippen LogP contribution in [0.5, 0.6) is 0 Å². The fraction of sp³-hybridized carbons (Fsp3) is 0.0714. The average Bonchev–Trinajstić information content (AvgIpc) is 2.41. The van der Waals surface area contributed by atoms with E-state index in [9.17, 15) is 9.18 Å². The Kier molecular flexibility index (Phi) is 4.71. The zero-order valence-electron chi connectivity index (χ0n) is 9.79. The summed E-state index contributed by atoms with van der Waals surface area (Å²) in [4.78, 5) is 11.8. The minimum Gasteiger partial charge on any atom is -0.348 e. The van der Waals surface area contributed by atoms with Crippen LogP contribution in [0.15, 0.2) is 51.4 Å². The lowest BCUT2D eigenvalue weighted by atomic mass is 10.2. The zero-order chi connectivity index (χ0) is 13.8. The van der Waals surface area contributed by atoms with Crippen LogP contribution in [0, 0.1) is 5.82 Å². The molecule has 0 saturated heterocycles. The number of nitrogens with one attached hydrogen (secondary N) is 1. The minimum atomic E-state index is -0.448. The van der Waals surface area contributed by atoms with Crippen molar-refractivity contribution < 1.29 is 9.18 Å². The van der Waals surface area contributed by atoms with E-state index in [0.29, 0.717) is 16.6 Å². The molecule has 0 spiro atoms. The van der Waals surface area contributed by atoms with E-state index >= 15 is 0 Å². The van der Waals surface area contributed by atoms with Gasteiger partial charge in [-0.3, -0.25) is 4.79 Å². The highest BCUT2D eigenvalue weighted by Crippen LogP contribution is 2.16. The van der Waals surface area contributed by atoms with Crippen molar-refractivity contribution in [3.8, 4) is 0 Å². The summed E-state index contributed by atoms with van der Waals surface area (Å²) < 4.78 is 14.6. The van der Waals surface area contributed by atoms with Gasteiger partial charge >= 0.3 is 0 Å². The van der Waals surface area contributed by atoms with Crippen LogP contribution in [0.3, 0.4) is 0 Å². The molecule has 0 aromatic heterocycles. The molecule has 19 heavy (non-hydrogen) atoms. The first-order valence-corrected chi connectivity index (χ1v) is 7.12. The van der Waals surface area contributed by atoms with Crippen LogP contribution >= 0.6 is 31.9 Å². The Hall–Kier alpha value is -1.20. The first-order chi connectivity index (χ1) is 9.06. The molecule has 0 aliphatic heterocycles. The molecular weight excluding hydrogens is 377 g/mol. The standard InChI is InChI=1S/C14H10Br2FNO/c15-11-4-1-9(2-5-11)8-18-14(19)10-3-6-12(16)13(17)7-10/h1-7H,8H2,(H,18,19). The van der Waals surface area contributed by atoms with Gasteiger partial charge in [0, 0.05) is 16.6 Å². The SMILES string of the molecule is O=C(NCc1ccc(Br)cc1)c1ccc(Br)c(F)c1. The van der Waals surface area contributed by atoms with Crippen molar-refractivity contribution >= 4 is 37.8 Å². The second kappa shape index (κ2) is 6.30. The van der Waals surface area contributed by atoms with Crippen LogP contribution in [-0.2, 0) is 6.54 Å². The van der Waals surface area contributed by atoms with Gasteiger partial charge in [-0.1, -0.05) is 28.1 Å². The van der Waals surface area contributed by atoms with Crippen LogP contribution in [0.4, 0.5) is 4.39 Å². The predicted octanol–water partition coefficient (Wildman–Crippen LogP) is 4.28. The Morgan fingerprint density at radius 3 is 2.42 bits per heavy atom. The topological polar surface area (TPSA) is 29.1 Å². The molecule has 0 saturated carbocycles. The lowest BCUT2D eigenvalue weighted by Gasteiger charge is -2.06. The van der Waals surface area contributed by atoms with E-state index in [1.807, 2.05) is 24.3 Å². The molecular formula is C14H10Br2FNO. The van der Waals surface area contributed by atoms with Gasteiger partial charge in [0.05, 0.1) is 4.47 Å². The van der Waals surface area contributed by atoms with E-state index in [0.717, 1.165) is 10.0 Å². The summed E-state index contributed by atoms with van der Waals surface area (Å²) >= 11 is 6.39. The monoisotopic (exact) mass is 385 g/mol. The fourth-order valence-corrected chi connectivity index (χ4v) is 2.03. The Balaban J connectivity index is 2.01. The summed E-state index contributed by atoms with van der Waals surface area (Å²) in [5, 5.41) is 2.75. The van der Waals surface area contributed by atoms with Crippen molar-refractivity contribution in [2.75, 3.05) is 0 Å². The third-order valence-electron chi connectivity index (χ3n) is 2.55. The molecule has 0 fully saturated rings. The Morgan fingerprint density at radius 2 is 1.79 bits per heavy atom. The van der Waals surface area contributed by atoms with E-state index in [1.165, 1.54) is 12.1 Å². The lowest BCUT2D eigenvalue weighted by molar-refractivity contribution is 0.0950. The Labute approximate surface area is 127 Å². The molecule has 0 bridgehead atoms. The molecule has 0 aliphatic rings. The van der Waals surface area contributed by atoms with E-state index in [1.54, 1.807) is 6.07 Å². The number of carbonyl (C=O) groups is 1. The first kappa shape index (κ1) is 14.2. The van der Waals surface area contributed by atoms with Crippen molar-refractivity contribution in [3.63, 3.8) is 0 Å². The molecule has 0 atom stereocenters. The fourth-order valence-electron chi connectivity index (χ4n) is 1.52. The molecule has 0 heterocycles. The average molecular weight is 387 g/mol. The molecule has 0 aliphatic carbocycles. The maximum atomic E-state index is 13.3. The molecule has 2 aromatic carbocycles. The van der Waals surface area contributed by atoms with Crippen molar-refractivity contribution in [2.45, 2.75) is 6.54 Å². The largest absolute Gasteiger partial charge is 0.348 e. The Morgan fingerprint density at radius 1 is 1.11 bits per heavy atom. The minimum absolute atomic E-state index is 0.297. The molecule has 2 rings (SSSR count). The number of benzene rings is 2. The molecule has 98 valence electrons. The third-order valence-corrected chi connectivity index (χ3v) is 3.72. The maximum Gasteiger partial charge on any atom is 0.251 e.